The van der Waals surface area contributed by atoms with E-state index in [1.165, 1.54) is 0 Å². The first-order chi connectivity index (χ1) is 8.09. The fraction of sp³-hybridized carbons (Fsp3) is 1.00. The molecule has 0 spiro atoms. The van der Waals surface area contributed by atoms with Gasteiger partial charge in [0.15, 0.2) is 0 Å². The summed E-state index contributed by atoms with van der Waals surface area (Å²) in [6, 6.07) is 0. The molecule has 0 radical (unpaired) electrons. The Morgan fingerprint density at radius 2 is 1.61 bits per heavy atom. The molecule has 0 aromatic carbocycles. The third kappa shape index (κ3) is 2.10. The monoisotopic (exact) mass is 256 g/mol. The molecule has 0 unspecified atom stereocenters. The molecule has 2 aliphatic rings. The molecule has 5 atom stereocenters. The molecule has 0 aliphatic heterocycles. The van der Waals surface area contributed by atoms with Gasteiger partial charge in [0.05, 0.1) is 16.8 Å². The van der Waals surface area contributed by atoms with E-state index in [0.29, 0.717) is 37.5 Å². The van der Waals surface area contributed by atoms with Gasteiger partial charge in [-0.3, -0.25) is 0 Å². The average molecular weight is 256 g/mol. The van der Waals surface area contributed by atoms with E-state index in [9.17, 15) is 15.3 Å². The Morgan fingerprint density at radius 1 is 1.00 bits per heavy atom. The normalized spacial score (nSPS) is 53.3. The molecule has 0 amide bonds. The second-order valence-electron chi connectivity index (χ2n) is 7.45. The second-order valence-corrected chi connectivity index (χ2v) is 7.45. The predicted molar refractivity (Wildman–Crippen MR) is 71.1 cm³/mol. The first-order valence-corrected chi connectivity index (χ1v) is 7.26. The van der Waals surface area contributed by atoms with Crippen LogP contribution in [0.5, 0.6) is 0 Å². The van der Waals surface area contributed by atoms with Gasteiger partial charge >= 0.3 is 0 Å². The van der Waals surface area contributed by atoms with Gasteiger partial charge in [-0.15, -0.1) is 0 Å². The summed E-state index contributed by atoms with van der Waals surface area (Å²) in [5, 5.41) is 31.9. The highest BCUT2D eigenvalue weighted by Crippen LogP contribution is 2.55. The summed E-state index contributed by atoms with van der Waals surface area (Å²) in [4.78, 5) is 0. The maximum Gasteiger partial charge on any atom is 0.0963 e. The van der Waals surface area contributed by atoms with Gasteiger partial charge in [0.2, 0.25) is 0 Å². The molecule has 2 rings (SSSR count). The van der Waals surface area contributed by atoms with E-state index in [2.05, 4.69) is 13.8 Å². The van der Waals surface area contributed by atoms with Crippen LogP contribution in [0.15, 0.2) is 0 Å². The summed E-state index contributed by atoms with van der Waals surface area (Å²) in [6.45, 7) is 7.97. The summed E-state index contributed by atoms with van der Waals surface area (Å²) in [7, 11) is 0. The van der Waals surface area contributed by atoms with Crippen molar-refractivity contribution in [2.24, 2.45) is 17.8 Å². The molecule has 0 saturated heterocycles. The van der Waals surface area contributed by atoms with E-state index in [-0.39, 0.29) is 5.92 Å². The van der Waals surface area contributed by atoms with Gasteiger partial charge in [0, 0.05) is 0 Å². The summed E-state index contributed by atoms with van der Waals surface area (Å²) < 4.78 is 0. The molecule has 0 bridgehead atoms. The zero-order valence-corrected chi connectivity index (χ0v) is 12.1. The molecule has 3 nitrogen and oxygen atoms in total. The fourth-order valence-electron chi connectivity index (χ4n) is 4.23. The summed E-state index contributed by atoms with van der Waals surface area (Å²) >= 11 is 0. The van der Waals surface area contributed by atoms with Gasteiger partial charge in [-0.25, -0.2) is 0 Å². The van der Waals surface area contributed by atoms with E-state index < -0.39 is 16.8 Å². The highest BCUT2D eigenvalue weighted by molar-refractivity contribution is 5.11. The van der Waals surface area contributed by atoms with Crippen molar-refractivity contribution >= 4 is 0 Å². The predicted octanol–water partition coefficient (Wildman–Crippen LogP) is 2.09. The maximum absolute atomic E-state index is 11.0. The molecule has 18 heavy (non-hydrogen) atoms. The van der Waals surface area contributed by atoms with E-state index in [0.717, 1.165) is 6.42 Å². The third-order valence-electron chi connectivity index (χ3n) is 5.59. The zero-order chi connectivity index (χ0) is 13.8. The van der Waals surface area contributed by atoms with Crippen LogP contribution in [0.2, 0.25) is 0 Å². The minimum absolute atomic E-state index is 0.00463. The van der Waals surface area contributed by atoms with Crippen LogP contribution in [0.4, 0.5) is 0 Å². The fourth-order valence-corrected chi connectivity index (χ4v) is 4.23. The van der Waals surface area contributed by atoms with Crippen molar-refractivity contribution in [2.45, 2.75) is 76.6 Å². The van der Waals surface area contributed by atoms with E-state index in [1.54, 1.807) is 6.92 Å². The van der Waals surface area contributed by atoms with Crippen molar-refractivity contribution in [1.82, 2.24) is 0 Å². The molecular weight excluding hydrogens is 228 g/mol. The third-order valence-corrected chi connectivity index (χ3v) is 5.59. The van der Waals surface area contributed by atoms with Crippen LogP contribution >= 0.6 is 0 Å². The van der Waals surface area contributed by atoms with Gasteiger partial charge in [-0.05, 0) is 63.7 Å². The molecule has 0 aromatic rings. The van der Waals surface area contributed by atoms with Crippen molar-refractivity contribution < 1.29 is 15.3 Å². The van der Waals surface area contributed by atoms with Gasteiger partial charge < -0.3 is 15.3 Å². The lowest BCUT2D eigenvalue weighted by atomic mass is 9.52. The second kappa shape index (κ2) is 4.19. The van der Waals surface area contributed by atoms with Crippen LogP contribution in [0.1, 0.15) is 59.8 Å². The Bertz CT molecular complexity index is 322. The van der Waals surface area contributed by atoms with Gasteiger partial charge in [0.25, 0.3) is 0 Å². The minimum Gasteiger partial charge on any atom is -0.390 e. The first kappa shape index (κ1) is 14.3. The molecule has 2 fully saturated rings. The van der Waals surface area contributed by atoms with Crippen LogP contribution in [0, 0.1) is 17.8 Å². The van der Waals surface area contributed by atoms with Gasteiger partial charge in [-0.2, -0.15) is 0 Å². The maximum atomic E-state index is 11.0. The Balaban J connectivity index is 2.35. The summed E-state index contributed by atoms with van der Waals surface area (Å²) in [5.41, 5.74) is -2.74. The number of fused-ring (bicyclic) bond motifs is 1. The van der Waals surface area contributed by atoms with Crippen LogP contribution in [-0.2, 0) is 0 Å². The zero-order valence-electron chi connectivity index (χ0n) is 12.1. The Hall–Kier alpha value is -0.120. The van der Waals surface area contributed by atoms with Crippen molar-refractivity contribution in [3.05, 3.63) is 0 Å². The molecule has 3 N–H and O–H groups in total. The summed E-state index contributed by atoms with van der Waals surface area (Å²) in [6.07, 6.45) is 3.27. The average Bonchev–Trinajstić information content (AvgIpc) is 2.21. The first-order valence-electron chi connectivity index (χ1n) is 7.26. The Labute approximate surface area is 110 Å². The highest BCUT2D eigenvalue weighted by Gasteiger charge is 2.60. The van der Waals surface area contributed by atoms with E-state index in [4.69, 9.17) is 0 Å². The summed E-state index contributed by atoms with van der Waals surface area (Å²) in [5.74, 6) is 0.874. The lowest BCUT2D eigenvalue weighted by Crippen LogP contribution is -2.66. The molecular formula is C15H28O3. The van der Waals surface area contributed by atoms with Crippen molar-refractivity contribution in [3.8, 4) is 0 Å². The molecule has 2 saturated carbocycles. The quantitative estimate of drug-likeness (QED) is 0.673. The smallest absolute Gasteiger partial charge is 0.0963 e. The van der Waals surface area contributed by atoms with Crippen LogP contribution in [0.3, 0.4) is 0 Å². The molecule has 0 aromatic heterocycles. The standard InChI is InChI=1S/C15H28O3/c1-10(2)11-5-6-14(4,17)15(18)8-7-13(3,16)9-12(11)15/h10-12,16-18H,5-9H2,1-4H3/t11-,12+,13-,14-,15+/m1/s1. The van der Waals surface area contributed by atoms with Crippen molar-refractivity contribution in [2.75, 3.05) is 0 Å². The lowest BCUT2D eigenvalue weighted by molar-refractivity contribution is -0.247. The van der Waals surface area contributed by atoms with Crippen LogP contribution in [0.25, 0.3) is 0 Å². The molecule has 3 heteroatoms. The minimum atomic E-state index is -1.03. The topological polar surface area (TPSA) is 60.7 Å². The number of rotatable bonds is 1. The SMILES string of the molecule is CC(C)[C@H]1CC[C@@](C)(O)[C@]2(O)CC[C@@](C)(O)C[C@@H]12. The van der Waals surface area contributed by atoms with Crippen molar-refractivity contribution in [1.29, 1.82) is 0 Å². The van der Waals surface area contributed by atoms with Crippen LogP contribution in [-0.4, -0.2) is 32.1 Å². The van der Waals surface area contributed by atoms with Crippen LogP contribution < -0.4 is 0 Å². The molecule has 2 aliphatic carbocycles. The van der Waals surface area contributed by atoms with E-state index >= 15 is 0 Å². The van der Waals surface area contributed by atoms with E-state index in [1.807, 2.05) is 6.92 Å². The highest BCUT2D eigenvalue weighted by atomic mass is 16.4. The Kier molecular flexibility index (Phi) is 3.33. The molecule has 0 heterocycles. The lowest BCUT2D eigenvalue weighted by Gasteiger charge is -2.58. The number of aliphatic hydroxyl groups is 3. The number of hydrogen-bond acceptors (Lipinski definition) is 3. The van der Waals surface area contributed by atoms with Gasteiger partial charge in [0.1, 0.15) is 0 Å². The Morgan fingerprint density at radius 3 is 2.17 bits per heavy atom. The number of hydrogen-bond donors (Lipinski definition) is 3. The largest absolute Gasteiger partial charge is 0.390 e. The van der Waals surface area contributed by atoms with Gasteiger partial charge in [-0.1, -0.05) is 13.8 Å². The molecule has 106 valence electrons. The van der Waals surface area contributed by atoms with Crippen molar-refractivity contribution in [3.63, 3.8) is 0 Å².